The topological polar surface area (TPSA) is 95.6 Å². The zero-order valence-electron chi connectivity index (χ0n) is 13.4. The van der Waals surface area contributed by atoms with Crippen LogP contribution in [0.4, 0.5) is 5.69 Å². The number of hydrogen-bond donors (Lipinski definition) is 2. The van der Waals surface area contributed by atoms with Gasteiger partial charge in [0.15, 0.2) is 0 Å². The molecule has 0 fully saturated rings. The Balaban J connectivity index is 1.72. The van der Waals surface area contributed by atoms with E-state index >= 15 is 0 Å². The number of imide groups is 1. The third-order valence-corrected chi connectivity index (χ3v) is 3.76. The number of nitrogens with one attached hydrogen (secondary N) is 2. The molecule has 0 saturated heterocycles. The fourth-order valence-electron chi connectivity index (χ4n) is 2.41. The number of hydrogen-bond acceptors (Lipinski definition) is 4. The maximum Gasteiger partial charge on any atom is 0.280 e. The van der Waals surface area contributed by atoms with Gasteiger partial charge in [0.1, 0.15) is 0 Å². The Labute approximate surface area is 143 Å². The number of carbonyl (C=O) groups excluding carboxylic acids is 4. The molecule has 0 bridgehead atoms. The van der Waals surface area contributed by atoms with Crippen LogP contribution in [0.25, 0.3) is 0 Å². The van der Waals surface area contributed by atoms with Crippen LogP contribution in [-0.2, 0) is 4.79 Å². The number of benzene rings is 2. The summed E-state index contributed by atoms with van der Waals surface area (Å²) < 4.78 is 0. The van der Waals surface area contributed by atoms with Crippen LogP contribution < -0.4 is 10.7 Å². The van der Waals surface area contributed by atoms with Crippen LogP contribution >= 0.6 is 0 Å². The maximum absolute atomic E-state index is 12.3. The zero-order chi connectivity index (χ0) is 18.0. The summed E-state index contributed by atoms with van der Waals surface area (Å²) in [6.45, 7) is 1.74. The van der Waals surface area contributed by atoms with Gasteiger partial charge in [0.2, 0.25) is 5.91 Å². The van der Waals surface area contributed by atoms with Crippen molar-refractivity contribution >= 4 is 29.3 Å². The number of nitrogens with zero attached hydrogens (tertiary/aromatic N) is 1. The molecule has 0 radical (unpaired) electrons. The Hall–Kier alpha value is -3.48. The molecular weight excluding hydrogens is 322 g/mol. The van der Waals surface area contributed by atoms with E-state index in [0.717, 1.165) is 0 Å². The molecule has 2 aromatic rings. The van der Waals surface area contributed by atoms with Gasteiger partial charge in [-0.25, -0.2) is 0 Å². The van der Waals surface area contributed by atoms with Crippen LogP contribution in [0.3, 0.4) is 0 Å². The van der Waals surface area contributed by atoms with Crippen molar-refractivity contribution in [1.82, 2.24) is 10.4 Å². The molecule has 0 spiro atoms. The van der Waals surface area contributed by atoms with Crippen LogP contribution in [0, 0.1) is 0 Å². The van der Waals surface area contributed by atoms with Gasteiger partial charge >= 0.3 is 0 Å². The van der Waals surface area contributed by atoms with Gasteiger partial charge in [0.05, 0.1) is 11.1 Å². The molecule has 0 saturated carbocycles. The zero-order valence-corrected chi connectivity index (χ0v) is 13.4. The molecule has 1 aliphatic rings. The Morgan fingerprint density at radius 2 is 1.48 bits per heavy atom. The van der Waals surface area contributed by atoms with Crippen molar-refractivity contribution in [2.24, 2.45) is 0 Å². The quantitative estimate of drug-likeness (QED) is 0.834. The molecule has 0 atom stereocenters. The molecule has 0 unspecified atom stereocenters. The molecule has 2 aromatic carbocycles. The molecule has 126 valence electrons. The first-order valence-corrected chi connectivity index (χ1v) is 7.70. The van der Waals surface area contributed by atoms with Crippen molar-refractivity contribution in [3.05, 3.63) is 65.2 Å². The number of anilines is 1. The van der Waals surface area contributed by atoms with Crippen LogP contribution in [0.15, 0.2) is 48.5 Å². The number of hydrazine groups is 1. The monoisotopic (exact) mass is 337 g/mol. The van der Waals surface area contributed by atoms with Crippen LogP contribution in [0.5, 0.6) is 0 Å². The van der Waals surface area contributed by atoms with Gasteiger partial charge in [-0.2, -0.15) is 5.01 Å². The molecule has 25 heavy (non-hydrogen) atoms. The van der Waals surface area contributed by atoms with Gasteiger partial charge in [-0.15, -0.1) is 0 Å². The first-order chi connectivity index (χ1) is 12.0. The van der Waals surface area contributed by atoms with Gasteiger partial charge in [-0.05, 0) is 36.4 Å². The Kier molecular flexibility index (Phi) is 4.30. The standard InChI is InChI=1S/C18H15N3O4/c1-2-15(22)19-12-9-7-11(8-10-12)16(23)20-21-17(24)13-5-3-4-6-14(13)18(21)25/h3-10H,2H2,1H3,(H,19,22)(H,20,23). The van der Waals surface area contributed by atoms with Gasteiger partial charge in [0.25, 0.3) is 17.7 Å². The first kappa shape index (κ1) is 16.4. The summed E-state index contributed by atoms with van der Waals surface area (Å²) in [6.07, 6.45) is 0.349. The lowest BCUT2D eigenvalue weighted by Crippen LogP contribution is -2.45. The van der Waals surface area contributed by atoms with E-state index in [4.69, 9.17) is 0 Å². The Bertz CT molecular complexity index is 839. The van der Waals surface area contributed by atoms with E-state index in [1.165, 1.54) is 24.3 Å². The van der Waals surface area contributed by atoms with Crippen molar-refractivity contribution in [2.45, 2.75) is 13.3 Å². The Morgan fingerprint density at radius 3 is 2.00 bits per heavy atom. The lowest BCUT2D eigenvalue weighted by atomic mass is 10.1. The lowest BCUT2D eigenvalue weighted by molar-refractivity contribution is -0.115. The van der Waals surface area contributed by atoms with Crippen molar-refractivity contribution in [3.63, 3.8) is 0 Å². The highest BCUT2D eigenvalue weighted by molar-refractivity contribution is 6.22. The van der Waals surface area contributed by atoms with E-state index in [2.05, 4.69) is 10.7 Å². The SMILES string of the molecule is CCC(=O)Nc1ccc(C(=O)NN2C(=O)c3ccccc3C2=O)cc1. The van der Waals surface area contributed by atoms with Crippen LogP contribution in [0.1, 0.15) is 44.4 Å². The van der Waals surface area contributed by atoms with E-state index in [-0.39, 0.29) is 22.6 Å². The molecule has 1 aliphatic heterocycles. The van der Waals surface area contributed by atoms with Crippen molar-refractivity contribution in [1.29, 1.82) is 0 Å². The predicted octanol–water partition coefficient (Wildman–Crippen LogP) is 1.98. The highest BCUT2D eigenvalue weighted by atomic mass is 16.2. The second-order valence-electron chi connectivity index (χ2n) is 5.41. The third-order valence-electron chi connectivity index (χ3n) is 3.76. The van der Waals surface area contributed by atoms with Gasteiger partial charge in [0, 0.05) is 17.7 Å². The van der Waals surface area contributed by atoms with Crippen LogP contribution in [0.2, 0.25) is 0 Å². The maximum atomic E-state index is 12.3. The largest absolute Gasteiger partial charge is 0.326 e. The van der Waals surface area contributed by atoms with Crippen molar-refractivity contribution < 1.29 is 19.2 Å². The molecule has 3 rings (SSSR count). The average molecular weight is 337 g/mol. The number of fused-ring (bicyclic) bond motifs is 1. The summed E-state index contributed by atoms with van der Waals surface area (Å²) in [7, 11) is 0. The van der Waals surface area contributed by atoms with Crippen molar-refractivity contribution in [2.75, 3.05) is 5.32 Å². The smallest absolute Gasteiger partial charge is 0.280 e. The molecule has 2 N–H and O–H groups in total. The van der Waals surface area contributed by atoms with Gasteiger partial charge < -0.3 is 5.32 Å². The van der Waals surface area contributed by atoms with E-state index in [0.29, 0.717) is 17.1 Å². The lowest BCUT2D eigenvalue weighted by Gasteiger charge is -2.15. The van der Waals surface area contributed by atoms with Gasteiger partial charge in [-0.1, -0.05) is 19.1 Å². The molecule has 0 aromatic heterocycles. The third kappa shape index (κ3) is 3.12. The fourth-order valence-corrected chi connectivity index (χ4v) is 2.41. The Morgan fingerprint density at radius 1 is 0.920 bits per heavy atom. The molecule has 0 aliphatic carbocycles. The van der Waals surface area contributed by atoms with E-state index in [1.807, 2.05) is 0 Å². The second kappa shape index (κ2) is 6.56. The minimum Gasteiger partial charge on any atom is -0.326 e. The van der Waals surface area contributed by atoms with Crippen molar-refractivity contribution in [3.8, 4) is 0 Å². The minimum atomic E-state index is -0.595. The predicted molar refractivity (Wildman–Crippen MR) is 89.8 cm³/mol. The molecule has 1 heterocycles. The number of carbonyl (C=O) groups is 4. The normalized spacial score (nSPS) is 12.8. The summed E-state index contributed by atoms with van der Waals surface area (Å²) in [4.78, 5) is 48.1. The summed E-state index contributed by atoms with van der Waals surface area (Å²) in [6, 6.07) is 12.5. The second-order valence-corrected chi connectivity index (χ2v) is 5.41. The average Bonchev–Trinajstić information content (AvgIpc) is 2.87. The number of amides is 4. The molecule has 7 nitrogen and oxygen atoms in total. The summed E-state index contributed by atoms with van der Waals surface area (Å²) in [5, 5.41) is 3.38. The molecule has 4 amide bonds. The van der Waals surface area contributed by atoms with Gasteiger partial charge in [-0.3, -0.25) is 24.6 Å². The first-order valence-electron chi connectivity index (χ1n) is 7.70. The summed E-state index contributed by atoms with van der Waals surface area (Å²) >= 11 is 0. The van der Waals surface area contributed by atoms with E-state index in [1.54, 1.807) is 31.2 Å². The molecular formula is C18H15N3O4. The van der Waals surface area contributed by atoms with E-state index in [9.17, 15) is 19.2 Å². The highest BCUT2D eigenvalue weighted by Crippen LogP contribution is 2.21. The van der Waals surface area contributed by atoms with Crippen LogP contribution in [-0.4, -0.2) is 28.6 Å². The summed E-state index contributed by atoms with van der Waals surface area (Å²) in [5.74, 6) is -1.87. The fraction of sp³-hybridized carbons (Fsp3) is 0.111. The number of rotatable bonds is 4. The molecule has 7 heteroatoms. The van der Waals surface area contributed by atoms with E-state index < -0.39 is 17.7 Å². The minimum absolute atomic E-state index is 0.136. The summed E-state index contributed by atoms with van der Waals surface area (Å²) in [5.41, 5.74) is 3.65. The highest BCUT2D eigenvalue weighted by Gasteiger charge is 2.36.